The molecule has 0 aliphatic carbocycles. The molecule has 1 aromatic carbocycles. The fourth-order valence-corrected chi connectivity index (χ4v) is 2.55. The Morgan fingerprint density at radius 3 is 2.56 bits per heavy atom. The van der Waals surface area contributed by atoms with Gasteiger partial charge in [0.05, 0.1) is 17.8 Å². The average Bonchev–Trinajstić information content (AvgIpc) is 2.90. The van der Waals surface area contributed by atoms with E-state index in [1.165, 1.54) is 6.33 Å². The molecule has 2 N–H and O–H groups in total. The quantitative estimate of drug-likeness (QED) is 0.859. The zero-order valence-electron chi connectivity index (χ0n) is 10.1. The largest absolute Gasteiger partial charge is 0.347 e. The molecule has 6 heteroatoms. The Labute approximate surface area is 106 Å². The lowest BCUT2D eigenvalue weighted by Crippen LogP contribution is -2.23. The molecule has 0 unspecified atom stereocenters. The number of imidazole rings is 1. The van der Waals surface area contributed by atoms with Crippen molar-refractivity contribution in [3.05, 3.63) is 48.0 Å². The summed E-state index contributed by atoms with van der Waals surface area (Å²) in [7, 11) is -3.46. The van der Waals surface area contributed by atoms with Crippen LogP contribution in [0.15, 0.2) is 41.7 Å². The first-order valence-electron chi connectivity index (χ1n) is 5.67. The number of H-pyrrole nitrogens is 1. The van der Waals surface area contributed by atoms with Crippen LogP contribution in [0.3, 0.4) is 0 Å². The third kappa shape index (κ3) is 2.96. The monoisotopic (exact) mass is 265 g/mol. The average molecular weight is 265 g/mol. The molecule has 5 nitrogen and oxygen atoms in total. The minimum atomic E-state index is -3.46. The molecular weight excluding hydrogens is 250 g/mol. The van der Waals surface area contributed by atoms with Gasteiger partial charge in [-0.15, -0.1) is 0 Å². The summed E-state index contributed by atoms with van der Waals surface area (Å²) in [6.45, 7) is 2.23. The number of benzene rings is 1. The van der Waals surface area contributed by atoms with Crippen LogP contribution in [0.4, 0.5) is 0 Å². The lowest BCUT2D eigenvalue weighted by Gasteiger charge is -2.06. The molecule has 0 fully saturated rings. The maximum Gasteiger partial charge on any atom is 0.240 e. The van der Waals surface area contributed by atoms with Crippen LogP contribution >= 0.6 is 0 Å². The van der Waals surface area contributed by atoms with Gasteiger partial charge in [-0.2, -0.15) is 0 Å². The smallest absolute Gasteiger partial charge is 0.240 e. The summed E-state index contributed by atoms with van der Waals surface area (Å²) in [6.07, 6.45) is 3.99. The first-order valence-corrected chi connectivity index (χ1v) is 7.16. The Kier molecular flexibility index (Phi) is 3.78. The molecule has 18 heavy (non-hydrogen) atoms. The van der Waals surface area contributed by atoms with Crippen LogP contribution in [0.25, 0.3) is 0 Å². The molecule has 1 aromatic heterocycles. The van der Waals surface area contributed by atoms with Gasteiger partial charge in [-0.1, -0.05) is 19.1 Å². The van der Waals surface area contributed by atoms with Crippen LogP contribution in [0.1, 0.15) is 18.2 Å². The van der Waals surface area contributed by atoms with Gasteiger partial charge in [0, 0.05) is 11.9 Å². The van der Waals surface area contributed by atoms with E-state index in [1.54, 1.807) is 18.3 Å². The Morgan fingerprint density at radius 1 is 1.28 bits per heavy atom. The highest BCUT2D eigenvalue weighted by molar-refractivity contribution is 7.89. The normalized spacial score (nSPS) is 11.6. The molecule has 0 saturated heterocycles. The van der Waals surface area contributed by atoms with Crippen LogP contribution in [-0.4, -0.2) is 18.4 Å². The van der Waals surface area contributed by atoms with E-state index in [9.17, 15) is 8.42 Å². The second-order valence-electron chi connectivity index (χ2n) is 3.90. The number of aromatic amines is 1. The number of nitrogens with zero attached hydrogens (tertiary/aromatic N) is 1. The summed E-state index contributed by atoms with van der Waals surface area (Å²) in [5.74, 6) is 0. The minimum Gasteiger partial charge on any atom is -0.347 e. The third-order valence-corrected chi connectivity index (χ3v) is 4.07. The van der Waals surface area contributed by atoms with E-state index < -0.39 is 10.0 Å². The number of sulfonamides is 1. The summed E-state index contributed by atoms with van der Waals surface area (Å²) in [6, 6.07) is 6.89. The molecule has 96 valence electrons. The van der Waals surface area contributed by atoms with Crippen LogP contribution in [-0.2, 0) is 23.0 Å². The van der Waals surface area contributed by atoms with Gasteiger partial charge in [-0.3, -0.25) is 0 Å². The number of aryl methyl sites for hydroxylation is 1. The topological polar surface area (TPSA) is 74.8 Å². The van der Waals surface area contributed by atoms with Gasteiger partial charge in [-0.25, -0.2) is 18.1 Å². The van der Waals surface area contributed by atoms with E-state index in [0.717, 1.165) is 17.7 Å². The fourth-order valence-electron chi connectivity index (χ4n) is 1.54. The van der Waals surface area contributed by atoms with Crippen molar-refractivity contribution in [1.29, 1.82) is 0 Å². The maximum atomic E-state index is 12.0. The summed E-state index contributed by atoms with van der Waals surface area (Å²) in [5, 5.41) is 0. The minimum absolute atomic E-state index is 0.206. The number of rotatable bonds is 5. The molecule has 1 heterocycles. The number of hydrogen-bond donors (Lipinski definition) is 2. The number of hydrogen-bond acceptors (Lipinski definition) is 3. The van der Waals surface area contributed by atoms with Crippen molar-refractivity contribution in [2.45, 2.75) is 24.8 Å². The lowest BCUT2D eigenvalue weighted by molar-refractivity contribution is 0.580. The highest BCUT2D eigenvalue weighted by atomic mass is 32.2. The second-order valence-corrected chi connectivity index (χ2v) is 5.67. The van der Waals surface area contributed by atoms with Crippen molar-refractivity contribution in [3.63, 3.8) is 0 Å². The molecule has 0 spiro atoms. The summed E-state index contributed by atoms with van der Waals surface area (Å²) >= 11 is 0. The molecule has 2 aromatic rings. The highest BCUT2D eigenvalue weighted by Gasteiger charge is 2.13. The molecule has 0 radical (unpaired) electrons. The highest BCUT2D eigenvalue weighted by Crippen LogP contribution is 2.11. The van der Waals surface area contributed by atoms with E-state index in [0.29, 0.717) is 0 Å². The lowest BCUT2D eigenvalue weighted by atomic mass is 10.2. The van der Waals surface area contributed by atoms with E-state index in [-0.39, 0.29) is 11.4 Å². The predicted molar refractivity (Wildman–Crippen MR) is 68.4 cm³/mol. The molecular formula is C12H15N3O2S. The van der Waals surface area contributed by atoms with Crippen molar-refractivity contribution in [2.24, 2.45) is 0 Å². The fraction of sp³-hybridized carbons (Fsp3) is 0.250. The summed E-state index contributed by atoms with van der Waals surface area (Å²) in [4.78, 5) is 6.95. The zero-order chi connectivity index (χ0) is 13.0. The predicted octanol–water partition coefficient (Wildman–Crippen LogP) is 1.45. The van der Waals surface area contributed by atoms with Gasteiger partial charge >= 0.3 is 0 Å². The van der Waals surface area contributed by atoms with E-state index >= 15 is 0 Å². The van der Waals surface area contributed by atoms with Crippen LogP contribution < -0.4 is 4.72 Å². The summed E-state index contributed by atoms with van der Waals surface area (Å²) in [5.41, 5.74) is 1.84. The van der Waals surface area contributed by atoms with Gasteiger partial charge < -0.3 is 4.98 Å². The Balaban J connectivity index is 2.09. The van der Waals surface area contributed by atoms with Crippen molar-refractivity contribution < 1.29 is 8.42 Å². The number of nitrogens with one attached hydrogen (secondary N) is 2. The second kappa shape index (κ2) is 5.32. The van der Waals surface area contributed by atoms with Crippen molar-refractivity contribution >= 4 is 10.0 Å². The van der Waals surface area contributed by atoms with Crippen LogP contribution in [0, 0.1) is 0 Å². The van der Waals surface area contributed by atoms with Gasteiger partial charge in [0.15, 0.2) is 0 Å². The first kappa shape index (κ1) is 12.8. The van der Waals surface area contributed by atoms with Crippen molar-refractivity contribution in [1.82, 2.24) is 14.7 Å². The Hall–Kier alpha value is -1.66. The molecule has 0 aliphatic heterocycles. The molecule has 2 rings (SSSR count). The molecule has 0 atom stereocenters. The maximum absolute atomic E-state index is 12.0. The third-order valence-electron chi connectivity index (χ3n) is 2.65. The molecule has 0 amide bonds. The Bertz CT molecular complexity index is 589. The Morgan fingerprint density at radius 2 is 2.00 bits per heavy atom. The number of aromatic nitrogens is 2. The van der Waals surface area contributed by atoms with Gasteiger partial charge in [0.1, 0.15) is 0 Å². The van der Waals surface area contributed by atoms with E-state index in [2.05, 4.69) is 14.7 Å². The molecule has 0 aliphatic rings. The van der Waals surface area contributed by atoms with Crippen LogP contribution in [0.5, 0.6) is 0 Å². The molecule has 0 bridgehead atoms. The van der Waals surface area contributed by atoms with Gasteiger partial charge in [0.2, 0.25) is 10.0 Å². The van der Waals surface area contributed by atoms with Crippen molar-refractivity contribution in [2.75, 3.05) is 0 Å². The standard InChI is InChI=1S/C12H15N3O2S/c1-2-10-3-5-12(6-4-10)18(16,17)15-8-11-7-13-9-14-11/h3-7,9,15H,2,8H2,1H3,(H,13,14). The van der Waals surface area contributed by atoms with Gasteiger partial charge in [-0.05, 0) is 24.1 Å². The van der Waals surface area contributed by atoms with Gasteiger partial charge in [0.25, 0.3) is 0 Å². The summed E-state index contributed by atoms with van der Waals surface area (Å²) < 4.78 is 26.5. The molecule has 0 saturated carbocycles. The van der Waals surface area contributed by atoms with E-state index in [1.807, 2.05) is 19.1 Å². The van der Waals surface area contributed by atoms with Crippen molar-refractivity contribution in [3.8, 4) is 0 Å². The van der Waals surface area contributed by atoms with Crippen LogP contribution in [0.2, 0.25) is 0 Å². The zero-order valence-corrected chi connectivity index (χ0v) is 10.9. The SMILES string of the molecule is CCc1ccc(S(=O)(=O)NCc2cnc[nH]2)cc1. The first-order chi connectivity index (χ1) is 8.62. The van der Waals surface area contributed by atoms with E-state index in [4.69, 9.17) is 0 Å².